The fraction of sp³-hybridized carbons (Fsp3) is 0.778. The molecule has 0 aliphatic carbocycles. The molecule has 0 amide bonds. The van der Waals surface area contributed by atoms with Crippen LogP contribution in [-0.2, 0) is 0 Å². The standard InChI is InChI=1S/C9H18N/c1-3-5-6-7-9-10-8-4-2/h8H,2-7,9H2,1H3. The van der Waals surface area contributed by atoms with Crippen molar-refractivity contribution >= 4 is 6.21 Å². The van der Waals surface area contributed by atoms with Gasteiger partial charge in [-0.05, 0) is 26.0 Å². The number of hydrogen-bond acceptors (Lipinski definition) is 1. The maximum atomic E-state index is 4.17. The molecule has 0 fully saturated rings. The topological polar surface area (TPSA) is 12.4 Å². The van der Waals surface area contributed by atoms with E-state index in [2.05, 4.69) is 18.8 Å². The molecule has 1 heteroatoms. The van der Waals surface area contributed by atoms with Crippen molar-refractivity contribution in [3.63, 3.8) is 0 Å². The summed E-state index contributed by atoms with van der Waals surface area (Å²) in [4.78, 5) is 4.17. The second kappa shape index (κ2) is 8.67. The van der Waals surface area contributed by atoms with Gasteiger partial charge in [0.2, 0.25) is 0 Å². The Balaban J connectivity index is 2.83. The summed E-state index contributed by atoms with van der Waals surface area (Å²) in [6.45, 7) is 6.89. The largest absolute Gasteiger partial charge is 0.298 e. The van der Waals surface area contributed by atoms with Crippen LogP contribution < -0.4 is 0 Å². The zero-order valence-electron chi connectivity index (χ0n) is 6.97. The van der Waals surface area contributed by atoms with Gasteiger partial charge in [0, 0.05) is 6.54 Å². The van der Waals surface area contributed by atoms with Crippen molar-refractivity contribution in [3.05, 3.63) is 6.92 Å². The van der Waals surface area contributed by atoms with E-state index < -0.39 is 0 Å². The molecule has 0 spiro atoms. The molecule has 0 heterocycles. The average molecular weight is 140 g/mol. The van der Waals surface area contributed by atoms with Crippen LogP contribution in [0.4, 0.5) is 0 Å². The quantitative estimate of drug-likeness (QED) is 0.397. The van der Waals surface area contributed by atoms with Crippen LogP contribution in [0.15, 0.2) is 4.99 Å². The van der Waals surface area contributed by atoms with E-state index in [0.717, 1.165) is 13.0 Å². The Bertz CT molecular complexity index is 76.8. The van der Waals surface area contributed by atoms with E-state index >= 15 is 0 Å². The molecule has 59 valence electrons. The highest BCUT2D eigenvalue weighted by molar-refractivity contribution is 5.57. The molecule has 0 aliphatic rings. The van der Waals surface area contributed by atoms with E-state index in [4.69, 9.17) is 0 Å². The van der Waals surface area contributed by atoms with Gasteiger partial charge < -0.3 is 0 Å². The smallest absolute Gasteiger partial charge is 0.0385 e. The second-order valence-electron chi connectivity index (χ2n) is 2.44. The molecule has 0 rings (SSSR count). The summed E-state index contributed by atoms with van der Waals surface area (Å²) >= 11 is 0. The third-order valence-corrected chi connectivity index (χ3v) is 1.40. The number of unbranched alkanes of at least 4 members (excludes halogenated alkanes) is 3. The summed E-state index contributed by atoms with van der Waals surface area (Å²) in [6, 6.07) is 0. The van der Waals surface area contributed by atoms with E-state index in [1.807, 2.05) is 6.21 Å². The monoisotopic (exact) mass is 140 g/mol. The van der Waals surface area contributed by atoms with Crippen molar-refractivity contribution in [3.8, 4) is 0 Å². The maximum Gasteiger partial charge on any atom is 0.0385 e. The Kier molecular flexibility index (Phi) is 8.38. The van der Waals surface area contributed by atoms with Gasteiger partial charge in [0.1, 0.15) is 0 Å². The van der Waals surface area contributed by atoms with Crippen molar-refractivity contribution in [2.45, 2.75) is 39.0 Å². The van der Waals surface area contributed by atoms with Crippen LogP contribution in [-0.4, -0.2) is 12.8 Å². The first-order chi connectivity index (χ1) is 4.91. The molecule has 0 aromatic heterocycles. The van der Waals surface area contributed by atoms with Crippen molar-refractivity contribution in [1.82, 2.24) is 0 Å². The Morgan fingerprint density at radius 1 is 1.30 bits per heavy atom. The van der Waals surface area contributed by atoms with Crippen molar-refractivity contribution in [1.29, 1.82) is 0 Å². The van der Waals surface area contributed by atoms with Crippen molar-refractivity contribution < 1.29 is 0 Å². The minimum absolute atomic E-state index is 0.827. The van der Waals surface area contributed by atoms with Gasteiger partial charge in [0.05, 0.1) is 0 Å². The molecule has 0 saturated carbocycles. The minimum Gasteiger partial charge on any atom is -0.298 e. The molecule has 0 aromatic carbocycles. The predicted octanol–water partition coefficient (Wildman–Crippen LogP) is 2.86. The first kappa shape index (κ1) is 9.67. The van der Waals surface area contributed by atoms with Crippen molar-refractivity contribution in [2.75, 3.05) is 6.54 Å². The van der Waals surface area contributed by atoms with Crippen LogP contribution in [0.2, 0.25) is 0 Å². The molecule has 1 radical (unpaired) electrons. The molecular weight excluding hydrogens is 122 g/mol. The second-order valence-corrected chi connectivity index (χ2v) is 2.44. The van der Waals surface area contributed by atoms with Gasteiger partial charge in [0.15, 0.2) is 0 Å². The van der Waals surface area contributed by atoms with Gasteiger partial charge in [-0.2, -0.15) is 0 Å². The molecule has 1 nitrogen and oxygen atoms in total. The molecule has 0 aromatic rings. The van der Waals surface area contributed by atoms with Crippen LogP contribution in [0.3, 0.4) is 0 Å². The lowest BCUT2D eigenvalue weighted by atomic mass is 10.2. The van der Waals surface area contributed by atoms with E-state index in [1.165, 1.54) is 25.7 Å². The first-order valence-corrected chi connectivity index (χ1v) is 4.19. The summed E-state index contributed by atoms with van der Waals surface area (Å²) in [5.41, 5.74) is 0. The Hall–Kier alpha value is -0.330. The highest BCUT2D eigenvalue weighted by Gasteiger charge is 1.83. The lowest BCUT2D eigenvalue weighted by molar-refractivity contribution is 0.675. The van der Waals surface area contributed by atoms with Crippen molar-refractivity contribution in [2.24, 2.45) is 4.99 Å². The number of nitrogens with zero attached hydrogens (tertiary/aromatic N) is 1. The van der Waals surface area contributed by atoms with Crippen LogP contribution in [0, 0.1) is 6.92 Å². The summed E-state index contributed by atoms with van der Waals surface area (Å²) in [6.07, 6.45) is 7.94. The lowest BCUT2D eigenvalue weighted by Crippen LogP contribution is -1.82. The third-order valence-electron chi connectivity index (χ3n) is 1.40. The third kappa shape index (κ3) is 7.67. The summed E-state index contributed by atoms with van der Waals surface area (Å²) in [5.74, 6) is 0. The molecule has 0 aliphatic heterocycles. The SMILES string of the molecule is [CH2]CC=NCCCCCC. The Morgan fingerprint density at radius 2 is 2.10 bits per heavy atom. The normalized spacial score (nSPS) is 11.0. The molecule has 0 atom stereocenters. The average Bonchev–Trinajstić information content (AvgIpc) is 1.97. The molecular formula is C9H18N. The molecule has 0 unspecified atom stereocenters. The Morgan fingerprint density at radius 3 is 2.70 bits per heavy atom. The van der Waals surface area contributed by atoms with Gasteiger partial charge >= 0.3 is 0 Å². The lowest BCUT2D eigenvalue weighted by Gasteiger charge is -1.93. The Labute approximate surface area is 64.6 Å². The van der Waals surface area contributed by atoms with Gasteiger partial charge in [-0.25, -0.2) is 0 Å². The van der Waals surface area contributed by atoms with Gasteiger partial charge in [0.25, 0.3) is 0 Å². The highest BCUT2D eigenvalue weighted by atomic mass is 14.7. The van der Waals surface area contributed by atoms with Crippen LogP contribution >= 0.6 is 0 Å². The maximum absolute atomic E-state index is 4.17. The number of hydrogen-bond donors (Lipinski definition) is 0. The molecule has 0 N–H and O–H groups in total. The summed E-state index contributed by atoms with van der Waals surface area (Å²) in [5, 5.41) is 0. The van der Waals surface area contributed by atoms with E-state index in [9.17, 15) is 0 Å². The predicted molar refractivity (Wildman–Crippen MR) is 47.5 cm³/mol. The van der Waals surface area contributed by atoms with Gasteiger partial charge in [-0.1, -0.05) is 26.2 Å². The van der Waals surface area contributed by atoms with E-state index in [-0.39, 0.29) is 0 Å². The van der Waals surface area contributed by atoms with Crippen LogP contribution in [0.5, 0.6) is 0 Å². The fourth-order valence-electron chi connectivity index (χ4n) is 0.812. The van der Waals surface area contributed by atoms with Gasteiger partial charge in [-0.15, -0.1) is 0 Å². The van der Waals surface area contributed by atoms with Crippen LogP contribution in [0.1, 0.15) is 39.0 Å². The van der Waals surface area contributed by atoms with E-state index in [0.29, 0.717) is 0 Å². The highest BCUT2D eigenvalue weighted by Crippen LogP contribution is 1.97. The summed E-state index contributed by atoms with van der Waals surface area (Å²) < 4.78 is 0. The molecule has 0 saturated heterocycles. The molecule has 10 heavy (non-hydrogen) atoms. The zero-order valence-corrected chi connectivity index (χ0v) is 6.97. The minimum atomic E-state index is 0.827. The van der Waals surface area contributed by atoms with Gasteiger partial charge in [-0.3, -0.25) is 4.99 Å². The number of rotatable bonds is 6. The number of aliphatic imine (C=N–C) groups is 1. The first-order valence-electron chi connectivity index (χ1n) is 4.19. The zero-order chi connectivity index (χ0) is 7.66. The fourth-order valence-corrected chi connectivity index (χ4v) is 0.812. The molecule has 0 bridgehead atoms. The van der Waals surface area contributed by atoms with Crippen LogP contribution in [0.25, 0.3) is 0 Å². The van der Waals surface area contributed by atoms with E-state index in [1.54, 1.807) is 0 Å². The summed E-state index contributed by atoms with van der Waals surface area (Å²) in [7, 11) is 0.